The molecule has 0 spiro atoms. The Kier molecular flexibility index (Phi) is 10.6. The molecule has 3 rings (SSSR count). The average Bonchev–Trinajstić information content (AvgIpc) is 2.87. The molecule has 2 aliphatic heterocycles. The number of hydrogen-bond donors (Lipinski definition) is 2. The lowest BCUT2D eigenvalue weighted by molar-refractivity contribution is -0.147. The second-order valence-corrected chi connectivity index (χ2v) is 17.2. The molecule has 1 aromatic rings. The summed E-state index contributed by atoms with van der Waals surface area (Å²) in [7, 11) is 0. The van der Waals surface area contributed by atoms with Crippen molar-refractivity contribution in [1.29, 1.82) is 0 Å². The van der Waals surface area contributed by atoms with Gasteiger partial charge in [-0.05, 0) is 81.4 Å². The molecule has 2 N–H and O–H groups in total. The van der Waals surface area contributed by atoms with E-state index in [0.717, 1.165) is 43.6 Å². The van der Waals surface area contributed by atoms with Gasteiger partial charge in [-0.3, -0.25) is 4.79 Å². The fraction of sp³-hybridized carbons (Fsp3) is 0.559. The van der Waals surface area contributed by atoms with E-state index in [9.17, 15) is 24.1 Å². The van der Waals surface area contributed by atoms with Gasteiger partial charge < -0.3 is 19.3 Å². The highest BCUT2D eigenvalue weighted by Crippen LogP contribution is 2.47. The van der Waals surface area contributed by atoms with E-state index in [-0.39, 0.29) is 22.9 Å². The highest BCUT2D eigenvalue weighted by molar-refractivity contribution is 8.04. The predicted octanol–water partition coefficient (Wildman–Crippen LogP) is 8.18. The highest BCUT2D eigenvalue weighted by atomic mass is 32.2. The predicted molar refractivity (Wildman–Crippen MR) is 172 cm³/mol. The molecule has 0 radical (unpaired) electrons. The van der Waals surface area contributed by atoms with Gasteiger partial charge in [-0.2, -0.15) is 0 Å². The van der Waals surface area contributed by atoms with E-state index < -0.39 is 33.7 Å². The molecule has 226 valence electrons. The van der Waals surface area contributed by atoms with Gasteiger partial charge in [0.25, 0.3) is 0 Å². The third-order valence-corrected chi connectivity index (χ3v) is 11.0. The van der Waals surface area contributed by atoms with E-state index in [4.69, 9.17) is 0 Å². The summed E-state index contributed by atoms with van der Waals surface area (Å²) in [4.78, 5) is 14.8. The molecule has 2 aliphatic rings. The Hall–Kier alpha value is -1.77. The fourth-order valence-corrected chi connectivity index (χ4v) is 8.94. The molecule has 5 nitrogen and oxygen atoms in total. The van der Waals surface area contributed by atoms with Crippen LogP contribution in [0.3, 0.4) is 0 Å². The van der Waals surface area contributed by atoms with Crippen LogP contribution in [-0.4, -0.2) is 31.9 Å². The van der Waals surface area contributed by atoms with Gasteiger partial charge >= 0.3 is 5.97 Å². The molecule has 0 saturated carbocycles. The first-order valence-electron chi connectivity index (χ1n) is 14.5. The quantitative estimate of drug-likeness (QED) is 0.236. The first kappa shape index (κ1) is 33.7. The summed E-state index contributed by atoms with van der Waals surface area (Å²) in [5.74, 6) is -0.826. The SMILES string of the molecule is CC1(C)C=C(CCCC(C)(C)CO)[S+]([O-])C(c2ccccc2C2=CC(C)(C)C=C(CCCC(C)(C)C(=O)O)[S+]2[O-])=C1. The van der Waals surface area contributed by atoms with Gasteiger partial charge in [0, 0.05) is 63.8 Å². The Morgan fingerprint density at radius 2 is 1.20 bits per heavy atom. The van der Waals surface area contributed by atoms with Crippen molar-refractivity contribution in [2.75, 3.05) is 6.61 Å². The maximum absolute atomic E-state index is 14.0. The maximum Gasteiger partial charge on any atom is 0.309 e. The summed E-state index contributed by atoms with van der Waals surface area (Å²) in [6.07, 6.45) is 12.4. The minimum atomic E-state index is -1.41. The molecular formula is C34H48O5S2. The smallest absolute Gasteiger partial charge is 0.309 e. The molecule has 41 heavy (non-hydrogen) atoms. The molecule has 0 saturated heterocycles. The van der Waals surface area contributed by atoms with Crippen LogP contribution in [0, 0.1) is 21.7 Å². The molecule has 0 bridgehead atoms. The lowest BCUT2D eigenvalue weighted by Crippen LogP contribution is -2.24. The van der Waals surface area contributed by atoms with Crippen LogP contribution in [0.25, 0.3) is 9.81 Å². The number of carboxylic acids is 1. The number of benzene rings is 1. The lowest BCUT2D eigenvalue weighted by atomic mass is 9.86. The Bertz CT molecular complexity index is 1250. The molecule has 2 heterocycles. The van der Waals surface area contributed by atoms with Crippen molar-refractivity contribution in [3.05, 3.63) is 69.5 Å². The van der Waals surface area contributed by atoms with Crippen molar-refractivity contribution in [3.63, 3.8) is 0 Å². The van der Waals surface area contributed by atoms with Gasteiger partial charge in [-0.15, -0.1) is 0 Å². The summed E-state index contributed by atoms with van der Waals surface area (Å²) in [6.45, 7) is 16.1. The normalized spacial score (nSPS) is 22.4. The topological polar surface area (TPSA) is 104 Å². The maximum atomic E-state index is 14.0. The number of hydrogen-bond acceptors (Lipinski definition) is 4. The van der Waals surface area contributed by atoms with Crippen molar-refractivity contribution in [1.82, 2.24) is 0 Å². The van der Waals surface area contributed by atoms with Crippen LogP contribution in [0.5, 0.6) is 0 Å². The van der Waals surface area contributed by atoms with E-state index >= 15 is 0 Å². The molecule has 0 fully saturated rings. The number of aliphatic hydroxyl groups is 1. The number of carboxylic acid groups (broad SMARTS) is 1. The van der Waals surface area contributed by atoms with Crippen molar-refractivity contribution in [3.8, 4) is 0 Å². The zero-order chi connectivity index (χ0) is 30.8. The number of aliphatic hydroxyl groups excluding tert-OH is 1. The van der Waals surface area contributed by atoms with Crippen LogP contribution in [0.15, 0.2) is 58.4 Å². The number of carbonyl (C=O) groups is 1. The van der Waals surface area contributed by atoms with Crippen molar-refractivity contribution in [2.45, 2.75) is 93.9 Å². The van der Waals surface area contributed by atoms with Gasteiger partial charge in [0.05, 0.1) is 5.41 Å². The van der Waals surface area contributed by atoms with E-state index in [0.29, 0.717) is 25.7 Å². The van der Waals surface area contributed by atoms with Gasteiger partial charge in [-0.25, -0.2) is 0 Å². The molecule has 7 heteroatoms. The molecule has 0 aromatic heterocycles. The van der Waals surface area contributed by atoms with Gasteiger partial charge in [0.1, 0.15) is 9.81 Å². The van der Waals surface area contributed by atoms with Crippen molar-refractivity contribution >= 4 is 38.1 Å². The summed E-state index contributed by atoms with van der Waals surface area (Å²) in [5.41, 5.74) is 0.0340. The van der Waals surface area contributed by atoms with Gasteiger partial charge in [-0.1, -0.05) is 53.7 Å². The summed E-state index contributed by atoms with van der Waals surface area (Å²) in [5, 5.41) is 19.2. The minimum Gasteiger partial charge on any atom is -0.607 e. The number of aliphatic carboxylic acids is 1. The zero-order valence-corrected chi connectivity index (χ0v) is 27.6. The third kappa shape index (κ3) is 8.64. The standard InChI is InChI=1S/C34H48O5S2/c1-31(2,23-35)17-11-13-24-19-32(3,4)21-28(40(24)38)26-15-9-10-16-27(26)29-22-33(5,6)20-25(41(29)39)14-12-18-34(7,8)30(36)37/h9-10,15-16,19-22,35H,11-14,17-18,23H2,1-8H3,(H,36,37). The van der Waals surface area contributed by atoms with Crippen LogP contribution < -0.4 is 0 Å². The molecule has 2 atom stereocenters. The van der Waals surface area contributed by atoms with Crippen molar-refractivity contribution < 1.29 is 24.1 Å². The van der Waals surface area contributed by atoms with E-state index in [1.54, 1.807) is 13.8 Å². The van der Waals surface area contributed by atoms with E-state index in [1.165, 1.54) is 0 Å². The van der Waals surface area contributed by atoms with Crippen molar-refractivity contribution in [2.24, 2.45) is 21.7 Å². The second-order valence-electron chi connectivity index (χ2n) is 14.2. The highest BCUT2D eigenvalue weighted by Gasteiger charge is 2.38. The van der Waals surface area contributed by atoms with E-state index in [2.05, 4.69) is 52.0 Å². The Labute approximate surface area is 253 Å². The first-order chi connectivity index (χ1) is 18.9. The van der Waals surface area contributed by atoms with Crippen LogP contribution in [0.1, 0.15) is 105 Å². The monoisotopic (exact) mass is 600 g/mol. The van der Waals surface area contributed by atoms with Crippen LogP contribution in [-0.2, 0) is 27.1 Å². The molecule has 1 aromatic carbocycles. The Balaban J connectivity index is 1.91. The van der Waals surface area contributed by atoms with Crippen LogP contribution in [0.2, 0.25) is 0 Å². The Morgan fingerprint density at radius 1 is 0.780 bits per heavy atom. The molecule has 2 unspecified atom stereocenters. The second kappa shape index (κ2) is 12.8. The van der Waals surface area contributed by atoms with Gasteiger partial charge in [0.2, 0.25) is 0 Å². The zero-order valence-electron chi connectivity index (χ0n) is 26.0. The number of allylic oxidation sites excluding steroid dienone is 6. The summed E-state index contributed by atoms with van der Waals surface area (Å²) in [6, 6.07) is 7.82. The fourth-order valence-electron chi connectivity index (χ4n) is 5.32. The molecule has 0 aliphatic carbocycles. The third-order valence-electron chi connectivity index (χ3n) is 7.91. The molecular weight excluding hydrogens is 553 g/mol. The Morgan fingerprint density at radius 3 is 1.59 bits per heavy atom. The minimum absolute atomic E-state index is 0.121. The number of rotatable bonds is 12. The largest absolute Gasteiger partial charge is 0.607 e. The molecule has 0 amide bonds. The van der Waals surface area contributed by atoms with Crippen LogP contribution >= 0.6 is 0 Å². The van der Waals surface area contributed by atoms with Crippen LogP contribution in [0.4, 0.5) is 0 Å². The lowest BCUT2D eigenvalue weighted by Gasteiger charge is -2.31. The van der Waals surface area contributed by atoms with Gasteiger partial charge in [0.15, 0.2) is 9.81 Å². The summed E-state index contributed by atoms with van der Waals surface area (Å²) < 4.78 is 28.0. The summed E-state index contributed by atoms with van der Waals surface area (Å²) >= 11 is -2.77. The average molecular weight is 601 g/mol. The first-order valence-corrected chi connectivity index (χ1v) is 16.8. The van der Waals surface area contributed by atoms with E-state index in [1.807, 2.05) is 38.1 Å².